The highest BCUT2D eigenvalue weighted by atomic mass is 32.2. The first-order chi connectivity index (χ1) is 11.8. The summed E-state index contributed by atoms with van der Waals surface area (Å²) < 4.78 is 28.3. The number of anilines is 1. The fourth-order valence-electron chi connectivity index (χ4n) is 2.44. The third-order valence-corrected chi connectivity index (χ3v) is 4.78. The van der Waals surface area contributed by atoms with Gasteiger partial charge < -0.3 is 15.0 Å². The zero-order chi connectivity index (χ0) is 18.4. The number of quaternary nitrogens is 1. The van der Waals surface area contributed by atoms with Crippen molar-refractivity contribution in [2.75, 3.05) is 32.3 Å². The van der Waals surface area contributed by atoms with Gasteiger partial charge in [0.15, 0.2) is 16.4 Å². The molecule has 0 heterocycles. The van der Waals surface area contributed by atoms with Gasteiger partial charge in [0.05, 0.1) is 19.1 Å². The Morgan fingerprint density at radius 3 is 2.44 bits per heavy atom. The molecule has 0 saturated heterocycles. The Hall–Kier alpha value is -2.38. The number of methoxy groups -OCH3 is 1. The van der Waals surface area contributed by atoms with E-state index in [1.807, 2.05) is 31.3 Å². The minimum absolute atomic E-state index is 0.170. The second-order valence-electron chi connectivity index (χ2n) is 6.01. The number of likely N-dealkylation sites (N-methyl/N-ethyl adjacent to an activating group) is 1. The first kappa shape index (κ1) is 19.0. The molecule has 1 amide bonds. The molecule has 6 nitrogen and oxygen atoms in total. The summed E-state index contributed by atoms with van der Waals surface area (Å²) >= 11 is 0. The van der Waals surface area contributed by atoms with Gasteiger partial charge in [0, 0.05) is 17.5 Å². The molecule has 0 radical (unpaired) electrons. The van der Waals surface area contributed by atoms with E-state index in [0.717, 1.165) is 22.5 Å². The van der Waals surface area contributed by atoms with Crippen LogP contribution in [0.25, 0.3) is 0 Å². The van der Waals surface area contributed by atoms with Crippen LogP contribution in [0.1, 0.15) is 5.56 Å². The number of rotatable bonds is 7. The summed E-state index contributed by atoms with van der Waals surface area (Å²) in [4.78, 5) is 13.4. The van der Waals surface area contributed by atoms with E-state index in [9.17, 15) is 13.2 Å². The average molecular weight is 363 g/mol. The van der Waals surface area contributed by atoms with Crippen molar-refractivity contribution in [1.82, 2.24) is 0 Å². The fourth-order valence-corrected chi connectivity index (χ4v) is 3.10. The molecular weight excluding hydrogens is 340 g/mol. The maximum absolute atomic E-state index is 12.2. The molecule has 1 atom stereocenters. The van der Waals surface area contributed by atoms with Crippen LogP contribution in [0.2, 0.25) is 0 Å². The zero-order valence-corrected chi connectivity index (χ0v) is 15.4. The molecule has 134 valence electrons. The average Bonchev–Trinajstić information content (AvgIpc) is 2.54. The summed E-state index contributed by atoms with van der Waals surface area (Å²) in [7, 11) is 0.250. The highest BCUT2D eigenvalue weighted by molar-refractivity contribution is 7.90. The van der Waals surface area contributed by atoms with Gasteiger partial charge in [0.2, 0.25) is 0 Å². The number of sulfone groups is 1. The first-order valence-electron chi connectivity index (χ1n) is 7.82. The Balaban J connectivity index is 1.93. The summed E-state index contributed by atoms with van der Waals surface area (Å²) in [5, 5.41) is 2.75. The largest absolute Gasteiger partial charge is 0.497 e. The molecule has 0 saturated carbocycles. The van der Waals surface area contributed by atoms with Crippen molar-refractivity contribution in [1.29, 1.82) is 0 Å². The molecule has 2 aromatic rings. The Bertz CT molecular complexity index is 832. The lowest BCUT2D eigenvalue weighted by atomic mass is 10.2. The number of carbonyl (C=O) groups is 1. The summed E-state index contributed by atoms with van der Waals surface area (Å²) in [6.07, 6.45) is 1.14. The zero-order valence-electron chi connectivity index (χ0n) is 14.6. The summed E-state index contributed by atoms with van der Waals surface area (Å²) in [5.74, 6) is 0.626. The van der Waals surface area contributed by atoms with Gasteiger partial charge in [-0.3, -0.25) is 4.79 Å². The molecule has 7 heteroatoms. The van der Waals surface area contributed by atoms with E-state index in [2.05, 4.69) is 5.32 Å². The number of carbonyl (C=O) groups excluding carboxylic acids is 1. The molecule has 0 aliphatic carbocycles. The maximum Gasteiger partial charge on any atom is 0.279 e. The first-order valence-corrected chi connectivity index (χ1v) is 9.71. The van der Waals surface area contributed by atoms with E-state index in [1.54, 1.807) is 19.2 Å². The van der Waals surface area contributed by atoms with Crippen LogP contribution in [-0.2, 0) is 21.2 Å². The van der Waals surface area contributed by atoms with Gasteiger partial charge in [0.1, 0.15) is 12.3 Å². The van der Waals surface area contributed by atoms with Crippen LogP contribution in [0.4, 0.5) is 5.69 Å². The molecule has 0 spiro atoms. The van der Waals surface area contributed by atoms with E-state index >= 15 is 0 Å². The van der Waals surface area contributed by atoms with Crippen LogP contribution in [0.5, 0.6) is 5.75 Å². The second kappa shape index (κ2) is 8.13. The van der Waals surface area contributed by atoms with Crippen molar-refractivity contribution in [2.24, 2.45) is 0 Å². The number of amides is 1. The van der Waals surface area contributed by atoms with Crippen LogP contribution in [0.3, 0.4) is 0 Å². The van der Waals surface area contributed by atoms with E-state index in [4.69, 9.17) is 4.74 Å². The lowest BCUT2D eigenvalue weighted by molar-refractivity contribution is -0.885. The van der Waals surface area contributed by atoms with Crippen molar-refractivity contribution in [3.05, 3.63) is 54.1 Å². The van der Waals surface area contributed by atoms with Crippen LogP contribution in [-0.4, -0.2) is 41.3 Å². The molecule has 0 aliphatic heterocycles. The van der Waals surface area contributed by atoms with Crippen molar-refractivity contribution in [2.45, 2.75) is 11.4 Å². The number of ether oxygens (including phenoxy) is 1. The van der Waals surface area contributed by atoms with E-state index in [-0.39, 0.29) is 17.3 Å². The van der Waals surface area contributed by atoms with E-state index < -0.39 is 9.84 Å². The van der Waals surface area contributed by atoms with Crippen LogP contribution >= 0.6 is 0 Å². The van der Waals surface area contributed by atoms with Gasteiger partial charge in [-0.15, -0.1) is 0 Å². The molecule has 2 aromatic carbocycles. The van der Waals surface area contributed by atoms with Gasteiger partial charge in [0.25, 0.3) is 5.91 Å². The quantitative estimate of drug-likeness (QED) is 0.761. The number of nitrogens with one attached hydrogen (secondary N) is 2. The van der Waals surface area contributed by atoms with Crippen molar-refractivity contribution in [3.63, 3.8) is 0 Å². The van der Waals surface area contributed by atoms with Crippen molar-refractivity contribution >= 4 is 21.4 Å². The predicted octanol–water partition coefficient (Wildman–Crippen LogP) is 0.752. The van der Waals surface area contributed by atoms with E-state index in [1.165, 1.54) is 12.1 Å². The Labute approximate surface area is 148 Å². The van der Waals surface area contributed by atoms with Crippen molar-refractivity contribution in [3.8, 4) is 5.75 Å². The molecule has 0 aromatic heterocycles. The molecule has 25 heavy (non-hydrogen) atoms. The normalized spacial score (nSPS) is 12.4. The van der Waals surface area contributed by atoms with E-state index in [0.29, 0.717) is 12.2 Å². The number of benzene rings is 2. The summed E-state index contributed by atoms with van der Waals surface area (Å²) in [6.45, 7) is 0.968. The lowest BCUT2D eigenvalue weighted by Gasteiger charge is -2.14. The van der Waals surface area contributed by atoms with Crippen LogP contribution in [0.15, 0.2) is 53.4 Å². The topological polar surface area (TPSA) is 76.9 Å². The smallest absolute Gasteiger partial charge is 0.279 e. The molecular formula is C18H23N2O4S+. The lowest BCUT2D eigenvalue weighted by Crippen LogP contribution is -3.08. The molecule has 2 rings (SSSR count). The minimum Gasteiger partial charge on any atom is -0.497 e. The minimum atomic E-state index is -3.30. The molecule has 0 bridgehead atoms. The number of hydrogen-bond acceptors (Lipinski definition) is 4. The third-order valence-electron chi connectivity index (χ3n) is 3.67. The monoisotopic (exact) mass is 363 g/mol. The SMILES string of the molecule is COc1ccc(C[NH+](C)CC(=O)Nc2cccc(S(C)(=O)=O)c2)cc1. The predicted molar refractivity (Wildman–Crippen MR) is 96.6 cm³/mol. The van der Waals surface area contributed by atoms with Gasteiger partial charge >= 0.3 is 0 Å². The standard InChI is InChI=1S/C18H22N2O4S/c1-20(12-14-7-9-16(24-2)10-8-14)13-18(21)19-15-5-4-6-17(11-15)25(3,22)23/h4-11H,12-13H2,1-3H3,(H,19,21)/p+1. The second-order valence-corrected chi connectivity index (χ2v) is 8.02. The highest BCUT2D eigenvalue weighted by Crippen LogP contribution is 2.15. The Morgan fingerprint density at radius 1 is 1.16 bits per heavy atom. The molecule has 1 unspecified atom stereocenters. The Kier molecular flexibility index (Phi) is 6.17. The highest BCUT2D eigenvalue weighted by Gasteiger charge is 2.13. The van der Waals surface area contributed by atoms with Crippen LogP contribution in [0, 0.1) is 0 Å². The molecule has 2 N–H and O–H groups in total. The van der Waals surface area contributed by atoms with Crippen molar-refractivity contribution < 1.29 is 22.8 Å². The van der Waals surface area contributed by atoms with Gasteiger partial charge in [-0.1, -0.05) is 6.07 Å². The van der Waals surface area contributed by atoms with Crippen LogP contribution < -0.4 is 15.0 Å². The third kappa shape index (κ3) is 5.88. The summed E-state index contributed by atoms with van der Waals surface area (Å²) in [6, 6.07) is 14.0. The van der Waals surface area contributed by atoms with Gasteiger partial charge in [-0.2, -0.15) is 0 Å². The molecule has 0 fully saturated rings. The molecule has 0 aliphatic rings. The summed E-state index contributed by atoms with van der Waals surface area (Å²) in [5.41, 5.74) is 1.58. The Morgan fingerprint density at radius 2 is 1.84 bits per heavy atom. The van der Waals surface area contributed by atoms with Gasteiger partial charge in [-0.05, 0) is 42.5 Å². The maximum atomic E-state index is 12.2. The number of hydrogen-bond donors (Lipinski definition) is 2. The fraction of sp³-hybridized carbons (Fsp3) is 0.278. The van der Waals surface area contributed by atoms with Gasteiger partial charge in [-0.25, -0.2) is 8.42 Å².